The molecular formula is C14H21N4O2+. The van der Waals surface area contributed by atoms with Crippen molar-refractivity contribution in [1.29, 1.82) is 0 Å². The van der Waals surface area contributed by atoms with E-state index in [0.717, 1.165) is 6.54 Å². The third kappa shape index (κ3) is 4.03. The van der Waals surface area contributed by atoms with Gasteiger partial charge in [-0.3, -0.25) is 9.78 Å². The highest BCUT2D eigenvalue weighted by molar-refractivity contribution is 6.44. The van der Waals surface area contributed by atoms with Crippen molar-refractivity contribution in [2.24, 2.45) is 5.16 Å². The molecule has 108 valence electrons. The first kappa shape index (κ1) is 14.5. The summed E-state index contributed by atoms with van der Waals surface area (Å²) in [6.45, 7) is 3.85. The van der Waals surface area contributed by atoms with Crippen LogP contribution in [0.1, 0.15) is 25.0 Å². The molecule has 6 nitrogen and oxygen atoms in total. The van der Waals surface area contributed by atoms with Crippen LogP contribution in [0.4, 0.5) is 0 Å². The Labute approximate surface area is 118 Å². The fourth-order valence-corrected chi connectivity index (χ4v) is 2.45. The molecule has 0 aromatic carbocycles. The summed E-state index contributed by atoms with van der Waals surface area (Å²) in [5, 5.41) is 14.8. The molecule has 1 aliphatic heterocycles. The summed E-state index contributed by atoms with van der Waals surface area (Å²) in [6, 6.07) is 5.14. The van der Waals surface area contributed by atoms with Gasteiger partial charge in [0.1, 0.15) is 0 Å². The van der Waals surface area contributed by atoms with Gasteiger partial charge in [-0.1, -0.05) is 11.2 Å². The molecular weight excluding hydrogens is 256 g/mol. The second-order valence-electron chi connectivity index (χ2n) is 4.98. The van der Waals surface area contributed by atoms with Gasteiger partial charge >= 0.3 is 0 Å². The van der Waals surface area contributed by atoms with Crippen LogP contribution in [0.15, 0.2) is 29.6 Å². The molecule has 0 bridgehead atoms. The van der Waals surface area contributed by atoms with Crippen LogP contribution in [-0.4, -0.2) is 48.0 Å². The SMILES string of the molecule is O=C(NCC[NH+]1CCCCC1)/C(=N\O)c1ccccn1. The fourth-order valence-electron chi connectivity index (χ4n) is 2.45. The van der Waals surface area contributed by atoms with Crippen LogP contribution in [0.5, 0.6) is 0 Å². The minimum atomic E-state index is -0.386. The minimum Gasteiger partial charge on any atom is -0.410 e. The van der Waals surface area contributed by atoms with Gasteiger partial charge in [0.25, 0.3) is 5.91 Å². The lowest BCUT2D eigenvalue weighted by Gasteiger charge is -2.23. The lowest BCUT2D eigenvalue weighted by atomic mass is 10.1. The monoisotopic (exact) mass is 277 g/mol. The maximum absolute atomic E-state index is 12.0. The molecule has 0 radical (unpaired) electrons. The molecule has 20 heavy (non-hydrogen) atoms. The van der Waals surface area contributed by atoms with Crippen LogP contribution >= 0.6 is 0 Å². The van der Waals surface area contributed by atoms with Gasteiger partial charge in [-0.2, -0.15) is 0 Å². The van der Waals surface area contributed by atoms with Crippen LogP contribution in [0, 0.1) is 0 Å². The molecule has 1 saturated heterocycles. The average Bonchev–Trinajstić information content (AvgIpc) is 2.50. The van der Waals surface area contributed by atoms with E-state index in [2.05, 4.69) is 15.5 Å². The molecule has 1 aliphatic rings. The minimum absolute atomic E-state index is 0.0424. The number of quaternary nitrogens is 1. The summed E-state index contributed by atoms with van der Waals surface area (Å²) in [5.74, 6) is -0.386. The number of pyridine rings is 1. The van der Waals surface area contributed by atoms with Crippen molar-refractivity contribution in [2.75, 3.05) is 26.2 Å². The number of aromatic nitrogens is 1. The summed E-state index contributed by atoms with van der Waals surface area (Å²) < 4.78 is 0. The zero-order valence-electron chi connectivity index (χ0n) is 11.5. The van der Waals surface area contributed by atoms with Gasteiger partial charge in [0, 0.05) is 6.20 Å². The molecule has 0 atom stereocenters. The number of carbonyl (C=O) groups excluding carboxylic acids is 1. The Morgan fingerprint density at radius 1 is 1.35 bits per heavy atom. The smallest absolute Gasteiger partial charge is 0.275 e. The van der Waals surface area contributed by atoms with E-state index in [0.29, 0.717) is 12.2 Å². The maximum atomic E-state index is 12.0. The van der Waals surface area contributed by atoms with Crippen molar-refractivity contribution in [3.8, 4) is 0 Å². The van der Waals surface area contributed by atoms with Crippen molar-refractivity contribution in [2.45, 2.75) is 19.3 Å². The third-order valence-corrected chi connectivity index (χ3v) is 3.55. The molecule has 0 aliphatic carbocycles. The topological polar surface area (TPSA) is 79.0 Å². The Kier molecular flexibility index (Phi) is 5.49. The number of rotatable bonds is 5. The molecule has 3 N–H and O–H groups in total. The third-order valence-electron chi connectivity index (χ3n) is 3.55. The van der Waals surface area contributed by atoms with Crippen LogP contribution < -0.4 is 10.2 Å². The number of oxime groups is 1. The zero-order valence-corrected chi connectivity index (χ0v) is 11.5. The van der Waals surface area contributed by atoms with E-state index in [1.165, 1.54) is 37.3 Å². The Balaban J connectivity index is 1.81. The molecule has 1 aromatic rings. The second-order valence-corrected chi connectivity index (χ2v) is 4.98. The van der Waals surface area contributed by atoms with Gasteiger partial charge in [0.15, 0.2) is 5.71 Å². The number of likely N-dealkylation sites (tertiary alicyclic amines) is 1. The van der Waals surface area contributed by atoms with E-state index in [9.17, 15) is 4.79 Å². The number of nitrogens with one attached hydrogen (secondary N) is 2. The summed E-state index contributed by atoms with van der Waals surface area (Å²) in [4.78, 5) is 17.5. The number of amides is 1. The average molecular weight is 277 g/mol. The van der Waals surface area contributed by atoms with E-state index in [-0.39, 0.29) is 11.6 Å². The Hall–Kier alpha value is -1.95. The molecule has 0 unspecified atom stereocenters. The Morgan fingerprint density at radius 3 is 2.80 bits per heavy atom. The van der Waals surface area contributed by atoms with Gasteiger partial charge in [0.2, 0.25) is 0 Å². The summed E-state index contributed by atoms with van der Waals surface area (Å²) in [7, 11) is 0. The van der Waals surface area contributed by atoms with E-state index in [4.69, 9.17) is 5.21 Å². The molecule has 1 fully saturated rings. The van der Waals surface area contributed by atoms with Crippen LogP contribution in [0.25, 0.3) is 0 Å². The Bertz CT molecular complexity index is 456. The lowest BCUT2D eigenvalue weighted by molar-refractivity contribution is -0.903. The maximum Gasteiger partial charge on any atom is 0.275 e. The van der Waals surface area contributed by atoms with Crippen molar-refractivity contribution >= 4 is 11.6 Å². The second kappa shape index (κ2) is 7.59. The summed E-state index contributed by atoms with van der Waals surface area (Å²) >= 11 is 0. The fraction of sp³-hybridized carbons (Fsp3) is 0.500. The van der Waals surface area contributed by atoms with E-state index < -0.39 is 0 Å². The molecule has 2 heterocycles. The van der Waals surface area contributed by atoms with Crippen LogP contribution in [0.3, 0.4) is 0 Å². The summed E-state index contributed by atoms with van der Waals surface area (Å²) in [5.41, 5.74) is 0.331. The molecule has 1 amide bonds. The molecule has 6 heteroatoms. The highest BCUT2D eigenvalue weighted by atomic mass is 16.4. The molecule has 2 rings (SSSR count). The van der Waals surface area contributed by atoms with Crippen molar-refractivity contribution in [3.05, 3.63) is 30.1 Å². The van der Waals surface area contributed by atoms with Gasteiger partial charge in [0.05, 0.1) is 31.9 Å². The largest absolute Gasteiger partial charge is 0.410 e. The first-order chi connectivity index (χ1) is 9.81. The standard InChI is InChI=1S/C14H20N4O2/c19-14(13(17-20)12-6-2-3-7-15-12)16-8-11-18-9-4-1-5-10-18/h2-3,6-7,20H,1,4-5,8-11H2,(H,16,19)/p+1/b17-13-. The zero-order chi connectivity index (χ0) is 14.2. The number of hydrogen-bond donors (Lipinski definition) is 3. The number of carbonyl (C=O) groups is 1. The van der Waals surface area contributed by atoms with Gasteiger partial charge in [-0.25, -0.2) is 0 Å². The molecule has 0 spiro atoms. The highest BCUT2D eigenvalue weighted by Gasteiger charge is 2.17. The number of hydrogen-bond acceptors (Lipinski definition) is 4. The van der Waals surface area contributed by atoms with Crippen molar-refractivity contribution in [3.63, 3.8) is 0 Å². The van der Waals surface area contributed by atoms with Crippen LogP contribution in [0.2, 0.25) is 0 Å². The first-order valence-corrected chi connectivity index (χ1v) is 7.06. The van der Waals surface area contributed by atoms with E-state index in [1.807, 2.05) is 0 Å². The Morgan fingerprint density at radius 2 is 2.15 bits per heavy atom. The van der Waals surface area contributed by atoms with Gasteiger partial charge < -0.3 is 15.4 Å². The predicted molar refractivity (Wildman–Crippen MR) is 75.0 cm³/mol. The summed E-state index contributed by atoms with van der Waals surface area (Å²) in [6.07, 6.45) is 5.41. The predicted octanol–water partition coefficient (Wildman–Crippen LogP) is -0.555. The molecule has 0 saturated carbocycles. The van der Waals surface area contributed by atoms with E-state index >= 15 is 0 Å². The van der Waals surface area contributed by atoms with Gasteiger partial charge in [-0.05, 0) is 31.4 Å². The van der Waals surface area contributed by atoms with Gasteiger partial charge in [-0.15, -0.1) is 0 Å². The van der Waals surface area contributed by atoms with Crippen molar-refractivity contribution < 1.29 is 14.9 Å². The van der Waals surface area contributed by atoms with Crippen LogP contribution in [-0.2, 0) is 4.79 Å². The quantitative estimate of drug-likeness (QED) is 0.384. The first-order valence-electron chi connectivity index (χ1n) is 7.06. The van der Waals surface area contributed by atoms with E-state index in [1.54, 1.807) is 24.4 Å². The van der Waals surface area contributed by atoms with Crippen molar-refractivity contribution in [1.82, 2.24) is 10.3 Å². The number of nitrogens with zero attached hydrogens (tertiary/aromatic N) is 2. The number of piperidine rings is 1. The highest BCUT2D eigenvalue weighted by Crippen LogP contribution is 1.97. The lowest BCUT2D eigenvalue weighted by Crippen LogP contribution is -3.13. The molecule has 1 aromatic heterocycles. The normalized spacial score (nSPS) is 16.9.